The summed E-state index contributed by atoms with van der Waals surface area (Å²) in [5, 5.41) is 1.92. The highest BCUT2D eigenvalue weighted by atomic mass is 79.9. The number of carbonyl (C=O) groups is 2. The number of nitrogens with zero attached hydrogens (tertiary/aromatic N) is 1. The molecule has 0 bridgehead atoms. The van der Waals surface area contributed by atoms with Crippen LogP contribution < -0.4 is 0 Å². The number of esters is 1. The molecule has 0 radical (unpaired) electrons. The fraction of sp³-hybridized carbons (Fsp3) is 0.200. The molecule has 0 unspecified atom stereocenters. The maximum absolute atomic E-state index is 13.5. The lowest BCUT2D eigenvalue weighted by atomic mass is 10.2. The van der Waals surface area contributed by atoms with E-state index < -0.39 is 18.4 Å². The molecular weight excluding hydrogens is 373 g/mol. The molecule has 0 N–H and O–H groups in total. The van der Waals surface area contributed by atoms with E-state index in [1.807, 2.05) is 17.5 Å². The van der Waals surface area contributed by atoms with Gasteiger partial charge in [0.05, 0.1) is 12.1 Å². The molecule has 116 valence electrons. The molecule has 0 fully saturated rings. The van der Waals surface area contributed by atoms with Crippen LogP contribution in [0.1, 0.15) is 15.2 Å². The number of hydrogen-bond acceptors (Lipinski definition) is 4. The predicted octanol–water partition coefficient (Wildman–Crippen LogP) is 3.47. The van der Waals surface area contributed by atoms with E-state index in [-0.39, 0.29) is 11.5 Å². The minimum absolute atomic E-state index is 0.205. The van der Waals surface area contributed by atoms with Gasteiger partial charge in [-0.3, -0.25) is 4.79 Å². The molecule has 0 aliphatic carbocycles. The highest BCUT2D eigenvalue weighted by molar-refractivity contribution is 9.10. The van der Waals surface area contributed by atoms with E-state index in [4.69, 9.17) is 4.74 Å². The Hall–Kier alpha value is -1.73. The summed E-state index contributed by atoms with van der Waals surface area (Å²) in [6.45, 7) is 0.0198. The average molecular weight is 386 g/mol. The van der Waals surface area contributed by atoms with E-state index in [0.717, 1.165) is 10.9 Å². The molecule has 0 aliphatic heterocycles. The Morgan fingerprint density at radius 3 is 2.82 bits per heavy atom. The molecule has 4 nitrogen and oxygen atoms in total. The number of carbonyl (C=O) groups excluding carboxylic acids is 2. The van der Waals surface area contributed by atoms with E-state index in [0.29, 0.717) is 11.0 Å². The molecule has 2 aromatic rings. The van der Waals surface area contributed by atoms with Crippen LogP contribution in [-0.2, 0) is 16.1 Å². The third-order valence-corrected chi connectivity index (χ3v) is 4.23. The van der Waals surface area contributed by atoms with Gasteiger partial charge in [0, 0.05) is 16.4 Å². The quantitative estimate of drug-likeness (QED) is 0.740. The van der Waals surface area contributed by atoms with Crippen LogP contribution in [0.4, 0.5) is 4.39 Å². The second-order valence-corrected chi connectivity index (χ2v) is 6.48. The van der Waals surface area contributed by atoms with Crippen molar-refractivity contribution in [1.82, 2.24) is 4.90 Å². The van der Waals surface area contributed by atoms with Crippen LogP contribution in [-0.4, -0.2) is 30.4 Å². The molecule has 22 heavy (non-hydrogen) atoms. The zero-order chi connectivity index (χ0) is 16.1. The first-order valence-electron chi connectivity index (χ1n) is 6.36. The minimum Gasteiger partial charge on any atom is -0.452 e. The number of thiophene rings is 1. The van der Waals surface area contributed by atoms with Crippen molar-refractivity contribution in [2.45, 2.75) is 6.54 Å². The Kier molecular flexibility index (Phi) is 5.68. The van der Waals surface area contributed by atoms with Crippen LogP contribution in [0.2, 0.25) is 0 Å². The number of halogens is 2. The Balaban J connectivity index is 1.90. The van der Waals surface area contributed by atoms with Crippen LogP contribution in [0.5, 0.6) is 0 Å². The normalized spacial score (nSPS) is 10.3. The fourth-order valence-electron chi connectivity index (χ4n) is 1.69. The van der Waals surface area contributed by atoms with Crippen molar-refractivity contribution in [2.24, 2.45) is 0 Å². The maximum Gasteiger partial charge on any atom is 0.341 e. The Labute approximate surface area is 139 Å². The van der Waals surface area contributed by atoms with Gasteiger partial charge < -0.3 is 9.64 Å². The van der Waals surface area contributed by atoms with Gasteiger partial charge in [0.2, 0.25) is 0 Å². The van der Waals surface area contributed by atoms with Gasteiger partial charge in [-0.05, 0) is 29.6 Å². The van der Waals surface area contributed by atoms with Gasteiger partial charge in [0.15, 0.2) is 6.61 Å². The summed E-state index contributed by atoms with van der Waals surface area (Å²) in [5.74, 6) is -1.90. The molecule has 1 amide bonds. The molecule has 0 atom stereocenters. The van der Waals surface area contributed by atoms with Crippen LogP contribution >= 0.6 is 27.3 Å². The molecule has 1 heterocycles. The number of rotatable bonds is 5. The maximum atomic E-state index is 13.5. The second-order valence-electron chi connectivity index (χ2n) is 4.53. The van der Waals surface area contributed by atoms with Gasteiger partial charge in [-0.2, -0.15) is 0 Å². The minimum atomic E-state index is -0.864. The summed E-state index contributed by atoms with van der Waals surface area (Å²) in [6.07, 6.45) is 0. The van der Waals surface area contributed by atoms with Gasteiger partial charge in [-0.1, -0.05) is 22.0 Å². The molecule has 0 aliphatic rings. The van der Waals surface area contributed by atoms with Gasteiger partial charge in [-0.25, -0.2) is 9.18 Å². The van der Waals surface area contributed by atoms with Crippen LogP contribution in [0.15, 0.2) is 40.2 Å². The van der Waals surface area contributed by atoms with Gasteiger partial charge in [0.1, 0.15) is 5.82 Å². The van der Waals surface area contributed by atoms with Gasteiger partial charge in [0.25, 0.3) is 5.91 Å². The van der Waals surface area contributed by atoms with Crippen molar-refractivity contribution in [3.05, 3.63) is 56.4 Å². The third-order valence-electron chi connectivity index (χ3n) is 2.87. The smallest absolute Gasteiger partial charge is 0.341 e. The summed E-state index contributed by atoms with van der Waals surface area (Å²) in [7, 11) is 1.62. The third kappa shape index (κ3) is 4.38. The Morgan fingerprint density at radius 2 is 2.14 bits per heavy atom. The van der Waals surface area contributed by atoms with Crippen molar-refractivity contribution in [3.63, 3.8) is 0 Å². The van der Waals surface area contributed by atoms with Gasteiger partial charge in [-0.15, -0.1) is 11.3 Å². The molecule has 2 rings (SSSR count). The lowest BCUT2D eigenvalue weighted by Crippen LogP contribution is -2.30. The number of hydrogen-bond donors (Lipinski definition) is 0. The highest BCUT2D eigenvalue weighted by Crippen LogP contribution is 2.16. The lowest BCUT2D eigenvalue weighted by Gasteiger charge is -2.16. The van der Waals surface area contributed by atoms with E-state index in [1.165, 1.54) is 28.4 Å². The second kappa shape index (κ2) is 7.51. The summed E-state index contributed by atoms with van der Waals surface area (Å²) < 4.78 is 19.0. The predicted molar refractivity (Wildman–Crippen MR) is 85.2 cm³/mol. The zero-order valence-electron chi connectivity index (χ0n) is 11.7. The topological polar surface area (TPSA) is 46.6 Å². The summed E-state index contributed by atoms with van der Waals surface area (Å²) in [5.41, 5.74) is -0.205. The molecule has 0 spiro atoms. The van der Waals surface area contributed by atoms with E-state index in [1.54, 1.807) is 7.05 Å². The van der Waals surface area contributed by atoms with Crippen molar-refractivity contribution >= 4 is 39.1 Å². The highest BCUT2D eigenvalue weighted by Gasteiger charge is 2.17. The summed E-state index contributed by atoms with van der Waals surface area (Å²) in [6, 6.07) is 7.76. The number of benzene rings is 1. The van der Waals surface area contributed by atoms with Gasteiger partial charge >= 0.3 is 5.97 Å². The Morgan fingerprint density at radius 1 is 1.36 bits per heavy atom. The van der Waals surface area contributed by atoms with Crippen LogP contribution in [0, 0.1) is 5.82 Å². The fourth-order valence-corrected chi connectivity index (χ4v) is 2.81. The zero-order valence-corrected chi connectivity index (χ0v) is 14.1. The first-order chi connectivity index (χ1) is 10.5. The first-order valence-corrected chi connectivity index (χ1v) is 8.03. The Bertz CT molecular complexity index is 675. The monoisotopic (exact) mass is 385 g/mol. The first kappa shape index (κ1) is 16.6. The molecule has 1 aromatic carbocycles. The van der Waals surface area contributed by atoms with Crippen LogP contribution in [0.3, 0.4) is 0 Å². The average Bonchev–Trinajstić information content (AvgIpc) is 2.99. The standard InChI is InChI=1S/C15H13BrFNO3S/c1-18(8-11-3-2-6-22-11)14(19)9-21-15(20)12-7-10(16)4-5-13(12)17/h2-7H,8-9H2,1H3. The summed E-state index contributed by atoms with van der Waals surface area (Å²) in [4.78, 5) is 26.2. The number of amides is 1. The van der Waals surface area contributed by atoms with Crippen LogP contribution in [0.25, 0.3) is 0 Å². The van der Waals surface area contributed by atoms with E-state index in [9.17, 15) is 14.0 Å². The van der Waals surface area contributed by atoms with E-state index >= 15 is 0 Å². The number of likely N-dealkylation sites (N-methyl/N-ethyl adjacent to an activating group) is 1. The molecule has 7 heteroatoms. The van der Waals surface area contributed by atoms with Crippen molar-refractivity contribution in [3.8, 4) is 0 Å². The molecule has 0 saturated heterocycles. The van der Waals surface area contributed by atoms with Crippen molar-refractivity contribution < 1.29 is 18.7 Å². The molecular formula is C15H13BrFNO3S. The summed E-state index contributed by atoms with van der Waals surface area (Å²) >= 11 is 4.69. The SMILES string of the molecule is CN(Cc1cccs1)C(=O)COC(=O)c1cc(Br)ccc1F. The largest absolute Gasteiger partial charge is 0.452 e. The lowest BCUT2D eigenvalue weighted by molar-refractivity contribution is -0.133. The molecule has 1 aromatic heterocycles. The van der Waals surface area contributed by atoms with Crippen molar-refractivity contribution in [2.75, 3.05) is 13.7 Å². The van der Waals surface area contributed by atoms with E-state index in [2.05, 4.69) is 15.9 Å². The molecule has 0 saturated carbocycles. The number of ether oxygens (including phenoxy) is 1. The van der Waals surface area contributed by atoms with Crippen molar-refractivity contribution in [1.29, 1.82) is 0 Å².